The van der Waals surface area contributed by atoms with Crippen molar-refractivity contribution in [2.75, 3.05) is 18.5 Å². The number of ether oxygens (including phenoxy) is 1. The van der Waals surface area contributed by atoms with E-state index in [2.05, 4.69) is 10.5 Å². The molecule has 0 spiro atoms. The van der Waals surface area contributed by atoms with Crippen molar-refractivity contribution >= 4 is 23.4 Å². The highest BCUT2D eigenvalue weighted by atomic mass is 16.6. The molecule has 2 aromatic rings. The molecule has 0 aromatic heterocycles. The van der Waals surface area contributed by atoms with Gasteiger partial charge >= 0.3 is 5.97 Å². The molecule has 0 aliphatic heterocycles. The van der Waals surface area contributed by atoms with Crippen LogP contribution in [0.1, 0.15) is 35.7 Å². The highest BCUT2D eigenvalue weighted by Crippen LogP contribution is 2.11. The second-order valence-corrected chi connectivity index (χ2v) is 5.73. The molecule has 0 bridgehead atoms. The molecule has 0 heterocycles. The van der Waals surface area contributed by atoms with Crippen molar-refractivity contribution in [3.8, 4) is 0 Å². The van der Waals surface area contributed by atoms with Crippen LogP contribution in [0.4, 0.5) is 5.69 Å². The van der Waals surface area contributed by atoms with Crippen LogP contribution in [-0.2, 0) is 14.4 Å². The molecule has 0 atom stereocenters. The highest BCUT2D eigenvalue weighted by molar-refractivity contribution is 5.97. The van der Waals surface area contributed by atoms with Crippen LogP contribution in [0.25, 0.3) is 0 Å². The first kappa shape index (κ1) is 20.0. The van der Waals surface area contributed by atoms with Crippen molar-refractivity contribution in [1.29, 1.82) is 0 Å². The number of nitrogens with zero attached hydrogens (tertiary/aromatic N) is 1. The number of benzene rings is 2. The summed E-state index contributed by atoms with van der Waals surface area (Å²) in [6, 6.07) is 15.5. The van der Waals surface area contributed by atoms with Crippen molar-refractivity contribution < 1.29 is 19.2 Å². The summed E-state index contributed by atoms with van der Waals surface area (Å²) >= 11 is 0. The van der Waals surface area contributed by atoms with Crippen molar-refractivity contribution in [2.45, 2.75) is 19.8 Å². The molecular formula is C20H23N3O4. The first-order valence-electron chi connectivity index (χ1n) is 8.68. The Kier molecular flexibility index (Phi) is 7.84. The largest absolute Gasteiger partial charge is 0.462 e. The number of nitrogens with one attached hydrogen (secondary N) is 1. The Morgan fingerprint density at radius 1 is 1.04 bits per heavy atom. The lowest BCUT2D eigenvalue weighted by Gasteiger charge is -2.07. The van der Waals surface area contributed by atoms with Gasteiger partial charge in [0.1, 0.15) is 0 Å². The van der Waals surface area contributed by atoms with Gasteiger partial charge in [0.05, 0.1) is 12.2 Å². The van der Waals surface area contributed by atoms with Gasteiger partial charge in [0.15, 0.2) is 12.4 Å². The molecular weight excluding hydrogens is 346 g/mol. The van der Waals surface area contributed by atoms with Gasteiger partial charge in [-0.1, -0.05) is 48.8 Å². The maximum absolute atomic E-state index is 11.9. The van der Waals surface area contributed by atoms with Crippen LogP contribution >= 0.6 is 0 Å². The van der Waals surface area contributed by atoms with Gasteiger partial charge in [-0.3, -0.25) is 4.79 Å². The van der Waals surface area contributed by atoms with Gasteiger partial charge in [-0.2, -0.15) is 0 Å². The van der Waals surface area contributed by atoms with E-state index in [9.17, 15) is 9.59 Å². The number of oxime groups is 1. The molecule has 3 N–H and O–H groups in total. The summed E-state index contributed by atoms with van der Waals surface area (Å²) in [6.07, 6.45) is 1.79. The van der Waals surface area contributed by atoms with Crippen LogP contribution in [0.2, 0.25) is 0 Å². The topological polar surface area (TPSA) is 103 Å². The van der Waals surface area contributed by atoms with Crippen LogP contribution in [-0.4, -0.2) is 30.9 Å². The first-order chi connectivity index (χ1) is 13.1. The van der Waals surface area contributed by atoms with Crippen molar-refractivity contribution in [2.24, 2.45) is 10.9 Å². The number of hydrogen-bond acceptors (Lipinski definition) is 5. The van der Waals surface area contributed by atoms with Crippen LogP contribution in [0.15, 0.2) is 59.8 Å². The van der Waals surface area contributed by atoms with E-state index in [0.717, 1.165) is 12.8 Å². The zero-order valence-corrected chi connectivity index (χ0v) is 15.2. The maximum Gasteiger partial charge on any atom is 0.338 e. The van der Waals surface area contributed by atoms with Crippen molar-refractivity contribution in [3.05, 3.63) is 65.7 Å². The third-order valence-corrected chi connectivity index (χ3v) is 3.56. The molecule has 7 heteroatoms. The Bertz CT molecular complexity index is 774. The molecule has 1 amide bonds. The van der Waals surface area contributed by atoms with Gasteiger partial charge < -0.3 is 20.6 Å². The standard InChI is InChI=1S/C20H23N3O4/c1-2-3-13-26-20(25)16-9-11-17(12-10-16)22-18(24)14-27-23-19(21)15-7-5-4-6-8-15/h4-12H,2-3,13-14H2,1H3,(H2,21,23)(H,22,24). The normalized spacial score (nSPS) is 10.9. The predicted octanol–water partition coefficient (Wildman–Crippen LogP) is 2.92. The summed E-state index contributed by atoms with van der Waals surface area (Å²) in [7, 11) is 0. The number of hydrogen-bond donors (Lipinski definition) is 2. The van der Waals surface area contributed by atoms with E-state index in [4.69, 9.17) is 15.3 Å². The number of rotatable bonds is 9. The van der Waals surface area contributed by atoms with Crippen LogP contribution in [0.5, 0.6) is 0 Å². The molecule has 27 heavy (non-hydrogen) atoms. The molecule has 142 valence electrons. The second-order valence-electron chi connectivity index (χ2n) is 5.73. The lowest BCUT2D eigenvalue weighted by molar-refractivity contribution is -0.120. The molecule has 0 unspecified atom stereocenters. The van der Waals surface area contributed by atoms with Crippen LogP contribution < -0.4 is 11.1 Å². The summed E-state index contributed by atoms with van der Waals surface area (Å²) in [5, 5.41) is 6.37. The number of esters is 1. The van der Waals surface area contributed by atoms with Gasteiger partial charge in [0.2, 0.25) is 0 Å². The summed E-state index contributed by atoms with van der Waals surface area (Å²) in [4.78, 5) is 28.7. The fraction of sp³-hybridized carbons (Fsp3) is 0.250. The second kappa shape index (κ2) is 10.6. The molecule has 0 saturated heterocycles. The van der Waals surface area contributed by atoms with Gasteiger partial charge in [-0.05, 0) is 30.7 Å². The van der Waals surface area contributed by atoms with E-state index < -0.39 is 5.91 Å². The lowest BCUT2D eigenvalue weighted by atomic mass is 10.2. The van der Waals surface area contributed by atoms with Crippen LogP contribution in [0.3, 0.4) is 0 Å². The van der Waals surface area contributed by atoms with Gasteiger partial charge in [-0.15, -0.1) is 0 Å². The average Bonchev–Trinajstić information content (AvgIpc) is 2.69. The number of amides is 1. The van der Waals surface area contributed by atoms with E-state index in [0.29, 0.717) is 23.4 Å². The maximum atomic E-state index is 11.9. The lowest BCUT2D eigenvalue weighted by Crippen LogP contribution is -2.19. The molecule has 0 saturated carbocycles. The Hall–Kier alpha value is -3.35. The van der Waals surface area contributed by atoms with Gasteiger partial charge in [0, 0.05) is 11.3 Å². The number of amidine groups is 1. The smallest absolute Gasteiger partial charge is 0.338 e. The molecule has 0 aliphatic rings. The molecule has 0 radical (unpaired) electrons. The summed E-state index contributed by atoms with van der Waals surface area (Å²) in [5.41, 5.74) is 7.45. The SMILES string of the molecule is CCCCOC(=O)c1ccc(NC(=O)CO/N=C(\N)c2ccccc2)cc1. The molecule has 0 aliphatic carbocycles. The van der Waals surface area contributed by atoms with E-state index in [-0.39, 0.29) is 18.4 Å². The number of anilines is 1. The minimum Gasteiger partial charge on any atom is -0.462 e. The molecule has 2 rings (SSSR count). The summed E-state index contributed by atoms with van der Waals surface area (Å²) < 4.78 is 5.13. The molecule has 2 aromatic carbocycles. The number of carbonyl (C=O) groups excluding carboxylic acids is 2. The van der Waals surface area contributed by atoms with Gasteiger partial charge in [-0.25, -0.2) is 4.79 Å². The van der Waals surface area contributed by atoms with Crippen molar-refractivity contribution in [3.63, 3.8) is 0 Å². The fourth-order valence-electron chi connectivity index (χ4n) is 2.10. The molecule has 0 fully saturated rings. The van der Waals surface area contributed by atoms with Gasteiger partial charge in [0.25, 0.3) is 5.91 Å². The van der Waals surface area contributed by atoms with Crippen molar-refractivity contribution in [1.82, 2.24) is 0 Å². The Balaban J connectivity index is 1.79. The predicted molar refractivity (Wildman–Crippen MR) is 103 cm³/mol. The monoisotopic (exact) mass is 369 g/mol. The minimum absolute atomic E-state index is 0.189. The molecule has 7 nitrogen and oxygen atoms in total. The quantitative estimate of drug-likeness (QED) is 0.233. The van der Waals surface area contributed by atoms with Crippen LogP contribution in [0, 0.1) is 0 Å². The number of nitrogens with two attached hydrogens (primary N) is 1. The minimum atomic E-state index is -0.391. The van der Waals surface area contributed by atoms with E-state index in [1.165, 1.54) is 0 Å². The Labute approximate surface area is 158 Å². The first-order valence-corrected chi connectivity index (χ1v) is 8.68. The summed E-state index contributed by atoms with van der Waals surface area (Å²) in [5.74, 6) is -0.581. The highest BCUT2D eigenvalue weighted by Gasteiger charge is 2.08. The number of carbonyl (C=O) groups is 2. The van der Waals surface area contributed by atoms with E-state index >= 15 is 0 Å². The third-order valence-electron chi connectivity index (χ3n) is 3.56. The van der Waals surface area contributed by atoms with E-state index in [1.54, 1.807) is 36.4 Å². The summed E-state index contributed by atoms with van der Waals surface area (Å²) in [6.45, 7) is 2.14. The Morgan fingerprint density at radius 2 is 1.74 bits per heavy atom. The zero-order chi connectivity index (χ0) is 19.5. The zero-order valence-electron chi connectivity index (χ0n) is 15.2. The third kappa shape index (κ3) is 6.81. The number of unbranched alkanes of at least 4 members (excludes halogenated alkanes) is 1. The average molecular weight is 369 g/mol. The fourth-order valence-corrected chi connectivity index (χ4v) is 2.10. The van der Waals surface area contributed by atoms with E-state index in [1.807, 2.05) is 25.1 Å². The Morgan fingerprint density at radius 3 is 2.41 bits per heavy atom.